The van der Waals surface area contributed by atoms with Crippen LogP contribution in [0, 0.1) is 12.7 Å². The van der Waals surface area contributed by atoms with E-state index in [0.717, 1.165) is 0 Å². The molecule has 0 saturated carbocycles. The zero-order valence-electron chi connectivity index (χ0n) is 9.09. The molecule has 0 atom stereocenters. The number of aryl methyl sites for hydroxylation is 1. The lowest BCUT2D eigenvalue weighted by molar-refractivity contribution is -0.115. The zero-order valence-corrected chi connectivity index (χ0v) is 9.09. The molecule has 86 valence electrons. The molecule has 1 aromatic rings. The number of fused-ring (bicyclic) bond motifs is 1. The van der Waals surface area contributed by atoms with Gasteiger partial charge in [0.15, 0.2) is 0 Å². The third kappa shape index (κ3) is 1.86. The molecule has 1 amide bonds. The molecule has 0 radical (unpaired) electrons. The summed E-state index contributed by atoms with van der Waals surface area (Å²) in [6.07, 6.45) is 0. The molecule has 2 rings (SSSR count). The van der Waals surface area contributed by atoms with Crippen molar-refractivity contribution in [3.8, 4) is 0 Å². The number of carbonyl (C=O) groups is 1. The van der Waals surface area contributed by atoms with Gasteiger partial charge in [-0.2, -0.15) is 0 Å². The van der Waals surface area contributed by atoms with Gasteiger partial charge in [-0.3, -0.25) is 4.79 Å². The number of nitrogens with two attached hydrogens (primary N) is 1. The maximum absolute atomic E-state index is 13.4. The maximum atomic E-state index is 13.4. The summed E-state index contributed by atoms with van der Waals surface area (Å²) in [6.45, 7) is 2.88. The Kier molecular flexibility index (Phi) is 2.78. The van der Waals surface area contributed by atoms with Crippen molar-refractivity contribution in [3.63, 3.8) is 0 Å². The highest BCUT2D eigenvalue weighted by Crippen LogP contribution is 2.31. The Balaban J connectivity index is 2.44. The molecule has 4 nitrogen and oxygen atoms in total. The zero-order chi connectivity index (χ0) is 11.7. The van der Waals surface area contributed by atoms with Gasteiger partial charge in [0.05, 0.1) is 17.9 Å². The van der Waals surface area contributed by atoms with Crippen molar-refractivity contribution in [2.24, 2.45) is 5.73 Å². The maximum Gasteiger partial charge on any atom is 0.243 e. The summed E-state index contributed by atoms with van der Waals surface area (Å²) in [7, 11) is 0. The Bertz CT molecular complexity index is 433. The molecule has 1 heterocycles. The summed E-state index contributed by atoms with van der Waals surface area (Å²) in [5.74, 6) is -0.358. The predicted molar refractivity (Wildman–Crippen MR) is 61.0 cm³/mol. The molecule has 0 saturated heterocycles. The number of hydrogen-bond acceptors (Lipinski definition) is 3. The number of amides is 1. The first-order valence-electron chi connectivity index (χ1n) is 5.17. The Morgan fingerprint density at radius 3 is 3.00 bits per heavy atom. The van der Waals surface area contributed by atoms with Crippen LogP contribution in [0.25, 0.3) is 0 Å². The molecule has 0 fully saturated rings. The lowest BCUT2D eigenvalue weighted by Crippen LogP contribution is -2.40. The first-order valence-corrected chi connectivity index (χ1v) is 5.17. The Hall–Kier alpha value is -1.62. The van der Waals surface area contributed by atoms with Crippen LogP contribution in [0.15, 0.2) is 12.1 Å². The monoisotopic (exact) mass is 223 g/mol. The average Bonchev–Trinajstić information content (AvgIpc) is 2.21. The van der Waals surface area contributed by atoms with Crippen LogP contribution < -0.4 is 16.0 Å². The summed E-state index contributed by atoms with van der Waals surface area (Å²) in [6, 6.07) is 3.09. The molecular weight excluding hydrogens is 209 g/mol. The van der Waals surface area contributed by atoms with Gasteiger partial charge in [0.1, 0.15) is 5.82 Å². The van der Waals surface area contributed by atoms with Crippen molar-refractivity contribution < 1.29 is 9.18 Å². The highest BCUT2D eigenvalue weighted by atomic mass is 19.1. The molecular formula is C11H14FN3O. The van der Waals surface area contributed by atoms with Crippen molar-refractivity contribution in [1.29, 1.82) is 0 Å². The number of anilines is 2. The smallest absolute Gasteiger partial charge is 0.243 e. The standard InChI is InChI=1S/C11H14FN3O/c1-7-4-9-10(5-8(7)12)15(3-2-13)6-11(16)14-9/h4-5H,2-3,6,13H2,1H3,(H,14,16). The Morgan fingerprint density at radius 1 is 1.56 bits per heavy atom. The number of hydrogen-bond donors (Lipinski definition) is 2. The number of carbonyl (C=O) groups excluding carboxylic acids is 1. The van der Waals surface area contributed by atoms with Crippen molar-refractivity contribution in [3.05, 3.63) is 23.5 Å². The Morgan fingerprint density at radius 2 is 2.31 bits per heavy atom. The molecule has 1 aromatic carbocycles. The Labute approximate surface area is 93.2 Å². The number of benzene rings is 1. The quantitative estimate of drug-likeness (QED) is 0.781. The van der Waals surface area contributed by atoms with Crippen LogP contribution in [-0.4, -0.2) is 25.5 Å². The van der Waals surface area contributed by atoms with Crippen LogP contribution in [-0.2, 0) is 4.79 Å². The number of nitrogens with one attached hydrogen (secondary N) is 1. The van der Waals surface area contributed by atoms with Crippen LogP contribution in [0.2, 0.25) is 0 Å². The van der Waals surface area contributed by atoms with Gasteiger partial charge in [-0.1, -0.05) is 0 Å². The highest BCUT2D eigenvalue weighted by molar-refractivity contribution is 6.01. The van der Waals surface area contributed by atoms with Gasteiger partial charge in [0, 0.05) is 13.1 Å². The van der Waals surface area contributed by atoms with Crippen molar-refractivity contribution in [2.75, 3.05) is 29.9 Å². The lowest BCUT2D eigenvalue weighted by Gasteiger charge is -2.30. The van der Waals surface area contributed by atoms with Crippen molar-refractivity contribution in [1.82, 2.24) is 0 Å². The molecule has 0 aliphatic carbocycles. The van der Waals surface area contributed by atoms with E-state index in [0.29, 0.717) is 30.0 Å². The molecule has 16 heavy (non-hydrogen) atoms. The summed E-state index contributed by atoms with van der Waals surface area (Å²) < 4.78 is 13.4. The van der Waals surface area contributed by atoms with Crippen LogP contribution in [0.5, 0.6) is 0 Å². The summed E-state index contributed by atoms with van der Waals surface area (Å²) in [4.78, 5) is 13.2. The number of halogens is 1. The van der Waals surface area contributed by atoms with E-state index < -0.39 is 0 Å². The predicted octanol–water partition coefficient (Wildman–Crippen LogP) is 0.851. The first kappa shape index (κ1) is 10.9. The molecule has 0 aromatic heterocycles. The van der Waals surface area contributed by atoms with Gasteiger partial charge in [0.2, 0.25) is 5.91 Å². The minimum atomic E-state index is -0.267. The molecule has 1 aliphatic rings. The normalized spacial score (nSPS) is 14.7. The van der Waals surface area contributed by atoms with Gasteiger partial charge >= 0.3 is 0 Å². The SMILES string of the molecule is Cc1cc2c(cc1F)N(CCN)CC(=O)N2. The molecule has 3 N–H and O–H groups in total. The molecule has 1 aliphatic heterocycles. The van der Waals surface area contributed by atoms with Gasteiger partial charge in [0.25, 0.3) is 0 Å². The van der Waals surface area contributed by atoms with E-state index in [1.165, 1.54) is 6.07 Å². The van der Waals surface area contributed by atoms with Crippen LogP contribution in [0.4, 0.5) is 15.8 Å². The van der Waals surface area contributed by atoms with Gasteiger partial charge in [-0.25, -0.2) is 4.39 Å². The minimum absolute atomic E-state index is 0.0908. The van der Waals surface area contributed by atoms with Crippen LogP contribution >= 0.6 is 0 Å². The number of nitrogens with zero attached hydrogens (tertiary/aromatic N) is 1. The third-order valence-electron chi connectivity index (χ3n) is 2.63. The van der Waals surface area contributed by atoms with Gasteiger partial charge in [-0.15, -0.1) is 0 Å². The van der Waals surface area contributed by atoms with E-state index in [1.54, 1.807) is 17.9 Å². The second-order valence-corrected chi connectivity index (χ2v) is 3.88. The van der Waals surface area contributed by atoms with Gasteiger partial charge < -0.3 is 16.0 Å². The summed E-state index contributed by atoms with van der Waals surface area (Å²) in [5.41, 5.74) is 7.34. The van der Waals surface area contributed by atoms with E-state index in [-0.39, 0.29) is 18.3 Å². The number of rotatable bonds is 2. The fourth-order valence-electron chi connectivity index (χ4n) is 1.84. The topological polar surface area (TPSA) is 58.4 Å². The lowest BCUT2D eigenvalue weighted by atomic mass is 10.1. The summed E-state index contributed by atoms with van der Waals surface area (Å²) in [5, 5.41) is 2.73. The van der Waals surface area contributed by atoms with Crippen molar-refractivity contribution >= 4 is 17.3 Å². The first-order chi connectivity index (χ1) is 7.61. The van der Waals surface area contributed by atoms with E-state index in [2.05, 4.69) is 5.32 Å². The average molecular weight is 223 g/mol. The van der Waals surface area contributed by atoms with Crippen LogP contribution in [0.3, 0.4) is 0 Å². The minimum Gasteiger partial charge on any atom is -0.359 e. The van der Waals surface area contributed by atoms with E-state index in [4.69, 9.17) is 5.73 Å². The van der Waals surface area contributed by atoms with Crippen molar-refractivity contribution in [2.45, 2.75) is 6.92 Å². The largest absolute Gasteiger partial charge is 0.359 e. The molecule has 0 unspecified atom stereocenters. The fraction of sp³-hybridized carbons (Fsp3) is 0.364. The second-order valence-electron chi connectivity index (χ2n) is 3.88. The van der Waals surface area contributed by atoms with Gasteiger partial charge in [-0.05, 0) is 24.6 Å². The van der Waals surface area contributed by atoms with Crippen LogP contribution in [0.1, 0.15) is 5.56 Å². The highest BCUT2D eigenvalue weighted by Gasteiger charge is 2.22. The fourth-order valence-corrected chi connectivity index (χ4v) is 1.84. The third-order valence-corrected chi connectivity index (χ3v) is 2.63. The molecule has 0 bridgehead atoms. The second kappa shape index (κ2) is 4.09. The molecule has 5 heteroatoms. The van der Waals surface area contributed by atoms with E-state index >= 15 is 0 Å². The molecule has 0 spiro atoms. The van der Waals surface area contributed by atoms with E-state index in [9.17, 15) is 9.18 Å². The summed E-state index contributed by atoms with van der Waals surface area (Å²) >= 11 is 0. The van der Waals surface area contributed by atoms with E-state index in [1.807, 2.05) is 0 Å².